The number of hydrogen-bond donors (Lipinski definition) is 0. The van der Waals surface area contributed by atoms with Gasteiger partial charge in [0.1, 0.15) is 5.78 Å². The number of likely N-dealkylation sites (N-methyl/N-ethyl adjacent to an activating group) is 1. The number of benzene rings is 2. The second-order valence-electron chi connectivity index (χ2n) is 9.00. The number of ketones is 2. The fourth-order valence-corrected chi connectivity index (χ4v) is 4.11. The number of hydrogen-bond acceptors (Lipinski definition) is 5. The van der Waals surface area contributed by atoms with E-state index in [1.807, 2.05) is 26.2 Å². The van der Waals surface area contributed by atoms with Gasteiger partial charge in [0.05, 0.1) is 24.7 Å². The molecule has 2 aromatic rings. The van der Waals surface area contributed by atoms with E-state index in [0.29, 0.717) is 29.8 Å². The molecule has 1 aliphatic heterocycles. The fourth-order valence-electron chi connectivity index (χ4n) is 4.11. The molecule has 1 unspecified atom stereocenters. The van der Waals surface area contributed by atoms with Gasteiger partial charge < -0.3 is 9.80 Å². The molecule has 0 radical (unpaired) electrons. The first-order valence-corrected chi connectivity index (χ1v) is 11.4. The highest BCUT2D eigenvalue weighted by molar-refractivity contribution is 6.03. The Balaban J connectivity index is 1.82. The zero-order valence-electron chi connectivity index (χ0n) is 20.0. The molecule has 0 aliphatic carbocycles. The molecule has 1 aliphatic rings. The van der Waals surface area contributed by atoms with Crippen molar-refractivity contribution in [2.75, 3.05) is 33.7 Å². The Morgan fingerprint density at radius 1 is 1.14 bits per heavy atom. The molecule has 1 atom stereocenters. The van der Waals surface area contributed by atoms with Gasteiger partial charge in [-0.15, -0.1) is 0 Å². The van der Waals surface area contributed by atoms with Gasteiger partial charge in [-0.1, -0.05) is 36.4 Å². The Labute approximate surface area is 206 Å². The van der Waals surface area contributed by atoms with Crippen molar-refractivity contribution in [2.24, 2.45) is 5.92 Å². The molecule has 7 heteroatoms. The Hall–Kier alpha value is -4.07. The first-order valence-electron chi connectivity index (χ1n) is 11.4. The standard InChI is InChI=1S/C28H28N4O3/c1-30-25-10-8-21(9-11-25)15-24-18-32(27(34)13-12-26(33)19-31(2)3)17-23(28(24)35)14-20-4-6-22(16-29)7-5-20/h4-11,15,23H,12-14,17-19H2,2-3H3/b24-15+. The molecule has 1 amide bonds. The summed E-state index contributed by atoms with van der Waals surface area (Å²) >= 11 is 0. The van der Waals surface area contributed by atoms with Gasteiger partial charge >= 0.3 is 0 Å². The predicted molar refractivity (Wildman–Crippen MR) is 133 cm³/mol. The molecule has 3 rings (SSSR count). The second kappa shape index (κ2) is 11.9. The Morgan fingerprint density at radius 2 is 1.83 bits per heavy atom. The lowest BCUT2D eigenvalue weighted by molar-refractivity contribution is -0.136. The fraction of sp³-hybridized carbons (Fsp3) is 0.321. The Kier molecular flexibility index (Phi) is 8.67. The summed E-state index contributed by atoms with van der Waals surface area (Å²) in [6.07, 6.45) is 2.50. The highest BCUT2D eigenvalue weighted by atomic mass is 16.2. The SMILES string of the molecule is [C-]#[N+]c1ccc(/C=C2\CN(C(=O)CCC(=O)CN(C)C)CC(Cc3ccc(C#N)cc3)C2=O)cc1. The number of carbonyl (C=O) groups is 3. The van der Waals surface area contributed by atoms with Crippen molar-refractivity contribution in [2.45, 2.75) is 19.3 Å². The van der Waals surface area contributed by atoms with Gasteiger partial charge in [0, 0.05) is 37.4 Å². The molecule has 0 bridgehead atoms. The Bertz CT molecular complexity index is 1200. The number of rotatable bonds is 8. The summed E-state index contributed by atoms with van der Waals surface area (Å²) in [4.78, 5) is 45.3. The van der Waals surface area contributed by atoms with Crippen LogP contribution in [-0.4, -0.2) is 61.0 Å². The number of nitriles is 1. The van der Waals surface area contributed by atoms with E-state index in [2.05, 4.69) is 10.9 Å². The van der Waals surface area contributed by atoms with Crippen LogP contribution in [0.3, 0.4) is 0 Å². The minimum Gasteiger partial charge on any atom is -0.337 e. The third-order valence-corrected chi connectivity index (χ3v) is 5.88. The molecular formula is C28H28N4O3. The van der Waals surface area contributed by atoms with Gasteiger partial charge in [0.2, 0.25) is 5.91 Å². The molecule has 2 aromatic carbocycles. The van der Waals surface area contributed by atoms with Crippen LogP contribution in [0.2, 0.25) is 0 Å². The van der Waals surface area contributed by atoms with Crippen LogP contribution in [0.1, 0.15) is 29.5 Å². The van der Waals surface area contributed by atoms with Crippen LogP contribution in [-0.2, 0) is 20.8 Å². The summed E-state index contributed by atoms with van der Waals surface area (Å²) in [6, 6.07) is 16.1. The average molecular weight is 469 g/mol. The molecule has 0 N–H and O–H groups in total. The summed E-state index contributed by atoms with van der Waals surface area (Å²) < 4.78 is 0. The van der Waals surface area contributed by atoms with Gasteiger partial charge in [-0.2, -0.15) is 5.26 Å². The van der Waals surface area contributed by atoms with E-state index in [9.17, 15) is 14.4 Å². The summed E-state index contributed by atoms with van der Waals surface area (Å²) in [5, 5.41) is 9.03. The largest absolute Gasteiger partial charge is 0.337 e. The van der Waals surface area contributed by atoms with E-state index in [0.717, 1.165) is 11.1 Å². The van der Waals surface area contributed by atoms with Crippen molar-refractivity contribution in [1.29, 1.82) is 5.26 Å². The van der Waals surface area contributed by atoms with E-state index < -0.39 is 5.92 Å². The highest BCUT2D eigenvalue weighted by Crippen LogP contribution is 2.25. The van der Waals surface area contributed by atoms with Crippen molar-refractivity contribution in [3.05, 3.63) is 82.2 Å². The summed E-state index contributed by atoms with van der Waals surface area (Å²) in [7, 11) is 3.62. The quantitative estimate of drug-likeness (QED) is 0.436. The van der Waals surface area contributed by atoms with Crippen LogP contribution in [0.25, 0.3) is 10.9 Å². The second-order valence-corrected chi connectivity index (χ2v) is 9.00. The van der Waals surface area contributed by atoms with Gasteiger partial charge in [0.25, 0.3) is 0 Å². The van der Waals surface area contributed by atoms with Crippen LogP contribution in [0.15, 0.2) is 54.1 Å². The van der Waals surface area contributed by atoms with Gasteiger partial charge in [-0.05, 0) is 49.9 Å². The minimum atomic E-state index is -0.424. The Morgan fingerprint density at radius 3 is 2.43 bits per heavy atom. The number of likely N-dealkylation sites (tertiary alicyclic amines) is 1. The predicted octanol–water partition coefficient (Wildman–Crippen LogP) is 3.67. The number of amides is 1. The minimum absolute atomic E-state index is 0.00114. The number of carbonyl (C=O) groups excluding carboxylic acids is 3. The van der Waals surface area contributed by atoms with E-state index in [4.69, 9.17) is 11.8 Å². The summed E-state index contributed by atoms with van der Waals surface area (Å²) in [6.45, 7) is 7.87. The molecule has 178 valence electrons. The topological polar surface area (TPSA) is 85.8 Å². The zero-order valence-corrected chi connectivity index (χ0v) is 20.0. The van der Waals surface area contributed by atoms with E-state index >= 15 is 0 Å². The summed E-state index contributed by atoms with van der Waals surface area (Å²) in [5.41, 5.74) is 3.29. The number of Topliss-reactive ketones (excluding diaryl/α,β-unsaturated/α-hetero) is 2. The first kappa shape index (κ1) is 25.6. The molecule has 0 spiro atoms. The molecule has 0 aromatic heterocycles. The maximum Gasteiger partial charge on any atom is 0.223 e. The van der Waals surface area contributed by atoms with E-state index in [-0.39, 0.29) is 43.4 Å². The highest BCUT2D eigenvalue weighted by Gasteiger charge is 2.33. The van der Waals surface area contributed by atoms with E-state index in [1.54, 1.807) is 52.3 Å². The summed E-state index contributed by atoms with van der Waals surface area (Å²) in [5.74, 6) is -0.590. The van der Waals surface area contributed by atoms with Crippen molar-refractivity contribution in [3.63, 3.8) is 0 Å². The van der Waals surface area contributed by atoms with Crippen molar-refractivity contribution in [1.82, 2.24) is 9.80 Å². The third kappa shape index (κ3) is 7.20. The van der Waals surface area contributed by atoms with E-state index in [1.165, 1.54) is 0 Å². The number of piperidine rings is 1. The molecule has 1 fully saturated rings. The smallest absolute Gasteiger partial charge is 0.223 e. The maximum atomic E-state index is 13.4. The van der Waals surface area contributed by atoms with Crippen molar-refractivity contribution in [3.8, 4) is 6.07 Å². The number of nitrogens with zero attached hydrogens (tertiary/aromatic N) is 4. The van der Waals surface area contributed by atoms with Crippen LogP contribution >= 0.6 is 0 Å². The van der Waals surface area contributed by atoms with Gasteiger partial charge in [-0.3, -0.25) is 14.4 Å². The normalized spacial score (nSPS) is 16.7. The van der Waals surface area contributed by atoms with Crippen molar-refractivity contribution >= 4 is 29.2 Å². The molecule has 1 saturated heterocycles. The lowest BCUT2D eigenvalue weighted by Gasteiger charge is -2.34. The lowest BCUT2D eigenvalue weighted by Crippen LogP contribution is -2.46. The molecule has 0 saturated carbocycles. The first-order chi connectivity index (χ1) is 16.8. The molecule has 7 nitrogen and oxygen atoms in total. The van der Waals surface area contributed by atoms with Gasteiger partial charge in [-0.25, -0.2) is 4.85 Å². The monoisotopic (exact) mass is 468 g/mol. The lowest BCUT2D eigenvalue weighted by atomic mass is 9.86. The van der Waals surface area contributed by atoms with Crippen LogP contribution in [0.4, 0.5) is 5.69 Å². The molecule has 35 heavy (non-hydrogen) atoms. The zero-order chi connectivity index (χ0) is 25.4. The third-order valence-electron chi connectivity index (χ3n) is 5.88. The molecular weight excluding hydrogens is 440 g/mol. The van der Waals surface area contributed by atoms with Crippen LogP contribution in [0.5, 0.6) is 0 Å². The maximum absolute atomic E-state index is 13.4. The van der Waals surface area contributed by atoms with Crippen LogP contribution in [0, 0.1) is 23.8 Å². The molecule has 1 heterocycles. The van der Waals surface area contributed by atoms with Crippen molar-refractivity contribution < 1.29 is 14.4 Å². The van der Waals surface area contributed by atoms with Crippen LogP contribution < -0.4 is 0 Å². The van der Waals surface area contributed by atoms with Gasteiger partial charge in [0.15, 0.2) is 11.5 Å². The average Bonchev–Trinajstić information content (AvgIpc) is 2.85.